The maximum absolute atomic E-state index is 7.08. The number of oxime groups is 1. The fourth-order valence-electron chi connectivity index (χ4n) is 2.56. The van der Waals surface area contributed by atoms with Gasteiger partial charge in [0.1, 0.15) is 5.69 Å². The summed E-state index contributed by atoms with van der Waals surface area (Å²) in [5.41, 5.74) is 3.07. The van der Waals surface area contributed by atoms with Gasteiger partial charge in [0.25, 0.3) is 0 Å². The summed E-state index contributed by atoms with van der Waals surface area (Å²) in [7, 11) is 0. The van der Waals surface area contributed by atoms with E-state index in [2.05, 4.69) is 29.3 Å². The molecule has 0 aliphatic heterocycles. The van der Waals surface area contributed by atoms with Crippen molar-refractivity contribution in [1.82, 2.24) is 9.78 Å². The Kier molecular flexibility index (Phi) is 7.44. The van der Waals surface area contributed by atoms with Gasteiger partial charge < -0.3 is 10.7 Å². The Balaban J connectivity index is 0.000000660. The van der Waals surface area contributed by atoms with Crippen LogP contribution in [0.15, 0.2) is 102 Å². The highest BCUT2D eigenvalue weighted by molar-refractivity contribution is 5.51. The van der Waals surface area contributed by atoms with Gasteiger partial charge in [0.15, 0.2) is 0 Å². The number of nitrogens with one attached hydrogen (secondary N) is 1. The van der Waals surface area contributed by atoms with Crippen molar-refractivity contribution in [3.63, 3.8) is 0 Å². The van der Waals surface area contributed by atoms with Crippen LogP contribution in [0.5, 0.6) is 0 Å². The van der Waals surface area contributed by atoms with Crippen LogP contribution in [0.2, 0.25) is 0 Å². The average molecular weight is 375 g/mol. The molecule has 1 aromatic heterocycles. The van der Waals surface area contributed by atoms with Crippen molar-refractivity contribution in [1.29, 1.82) is 0 Å². The van der Waals surface area contributed by atoms with E-state index in [4.69, 9.17) is 10.3 Å². The van der Waals surface area contributed by atoms with E-state index in [-0.39, 0.29) is 5.48 Å². The molecular weight excluding hydrogens is 354 g/mol. The number of hydrogen-bond acceptors (Lipinski definition) is 5. The molecule has 7 heteroatoms. The van der Waals surface area contributed by atoms with Crippen LogP contribution in [0.4, 0.5) is 11.6 Å². The zero-order chi connectivity index (χ0) is 18.9. The first-order valence-electron chi connectivity index (χ1n) is 8.36. The first-order valence-corrected chi connectivity index (χ1v) is 8.36. The van der Waals surface area contributed by atoms with Crippen LogP contribution in [-0.4, -0.2) is 27.2 Å². The third-order valence-corrected chi connectivity index (χ3v) is 3.74. The number of benzene rings is 3. The van der Waals surface area contributed by atoms with Gasteiger partial charge in [-0.3, -0.25) is 5.32 Å². The molecule has 4 aromatic rings. The zero-order valence-electron chi connectivity index (χ0n) is 15.1. The number of nitrogens with zero attached hydrogens (tertiary/aromatic N) is 4. The normalized spacial score (nSPS) is 9.43. The number of hydrogen-bond donors (Lipinski definition) is 2. The molecule has 142 valence electrons. The highest BCUT2D eigenvalue weighted by atomic mass is 16.4. The number of anilines is 2. The highest BCUT2D eigenvalue weighted by Crippen LogP contribution is 2.14. The Morgan fingerprint density at radius 1 is 0.857 bits per heavy atom. The molecule has 0 saturated carbocycles. The van der Waals surface area contributed by atoms with Crippen molar-refractivity contribution in [3.05, 3.63) is 97.3 Å². The van der Waals surface area contributed by atoms with Gasteiger partial charge in [0.2, 0.25) is 6.33 Å². The summed E-state index contributed by atoms with van der Waals surface area (Å²) in [6.07, 6.45) is 1.98. The van der Waals surface area contributed by atoms with Crippen molar-refractivity contribution in [2.24, 2.45) is 5.16 Å². The molecule has 28 heavy (non-hydrogen) atoms. The minimum absolute atomic E-state index is 0. The van der Waals surface area contributed by atoms with E-state index in [9.17, 15) is 0 Å². The molecule has 0 bridgehead atoms. The second-order valence-electron chi connectivity index (χ2n) is 5.56. The Morgan fingerprint density at radius 2 is 1.36 bits per heavy atom. The van der Waals surface area contributed by atoms with Gasteiger partial charge in [0, 0.05) is 11.8 Å². The smallest absolute Gasteiger partial charge is 0.387 e. The Hall–Kier alpha value is -3.97. The van der Waals surface area contributed by atoms with Gasteiger partial charge in [-0.05, 0) is 36.4 Å². The standard InChI is InChI=1S/C20H17N4.CH3NO.H2O/c1-4-10-17(11-5-1)21-20-22-24(19-14-8-3-9-15-19)16-23(20)18-12-6-2-7-13-18;1-2-3;/h1-16H,(H,21,22);3H,1H2;1H2/q+1;;/p-1. The molecule has 0 radical (unpaired) electrons. The lowest BCUT2D eigenvalue weighted by Crippen LogP contribution is -2.31. The van der Waals surface area contributed by atoms with E-state index < -0.39 is 0 Å². The Labute approximate surface area is 163 Å². The van der Waals surface area contributed by atoms with E-state index in [1.165, 1.54) is 0 Å². The third-order valence-electron chi connectivity index (χ3n) is 3.74. The van der Waals surface area contributed by atoms with Crippen LogP contribution >= 0.6 is 0 Å². The molecule has 3 N–H and O–H groups in total. The molecule has 0 saturated heterocycles. The fraction of sp³-hybridized carbons (Fsp3) is 0. The van der Waals surface area contributed by atoms with Crippen molar-refractivity contribution in [3.8, 4) is 11.4 Å². The van der Waals surface area contributed by atoms with Gasteiger partial charge in [0.05, 0.1) is 11.4 Å². The monoisotopic (exact) mass is 375 g/mol. The topological polar surface area (TPSA) is 96.3 Å². The molecule has 4 rings (SSSR count). The lowest BCUT2D eigenvalue weighted by Gasteiger charge is -2.01. The number of para-hydroxylation sites is 3. The molecule has 7 nitrogen and oxygen atoms in total. The summed E-state index contributed by atoms with van der Waals surface area (Å²) in [4.78, 5) is 0. The first kappa shape index (κ1) is 20.3. The van der Waals surface area contributed by atoms with Crippen LogP contribution in [0.3, 0.4) is 0 Å². The van der Waals surface area contributed by atoms with E-state index >= 15 is 0 Å². The summed E-state index contributed by atoms with van der Waals surface area (Å²) in [6, 6.07) is 30.3. The lowest BCUT2D eigenvalue weighted by atomic mass is 10.3. The maximum Gasteiger partial charge on any atom is 0.387 e. The molecule has 0 amide bonds. The van der Waals surface area contributed by atoms with Crippen LogP contribution in [0, 0.1) is 0 Å². The third kappa shape index (κ3) is 5.03. The van der Waals surface area contributed by atoms with Crippen molar-refractivity contribution in [2.45, 2.75) is 0 Å². The summed E-state index contributed by atoms with van der Waals surface area (Å²) in [5.74, 6) is 0.760. The summed E-state index contributed by atoms with van der Waals surface area (Å²) < 4.78 is 3.91. The molecule has 3 aromatic carbocycles. The van der Waals surface area contributed by atoms with E-state index in [1.54, 1.807) is 0 Å². The molecule has 0 aliphatic carbocycles. The zero-order valence-corrected chi connectivity index (χ0v) is 15.1. The molecule has 0 spiro atoms. The van der Waals surface area contributed by atoms with Gasteiger partial charge in [-0.1, -0.05) is 54.6 Å². The van der Waals surface area contributed by atoms with Gasteiger partial charge >= 0.3 is 5.95 Å². The predicted octanol–water partition coefficient (Wildman–Crippen LogP) is 3.79. The van der Waals surface area contributed by atoms with Crippen LogP contribution in [0.1, 0.15) is 0 Å². The van der Waals surface area contributed by atoms with Crippen LogP contribution in [-0.2, 0) is 0 Å². The predicted molar refractivity (Wildman–Crippen MR) is 108 cm³/mol. The summed E-state index contributed by atoms with van der Waals surface area (Å²) in [6.45, 7) is 2.67. The summed E-state index contributed by atoms with van der Waals surface area (Å²) in [5, 5.41) is 17.4. The second-order valence-corrected chi connectivity index (χ2v) is 5.56. The SMILES string of the molecule is C=NO.[OH-].c1ccc(Nc2nn(-c3ccccc3)c[n+]2-c2ccccc2)cc1. The van der Waals surface area contributed by atoms with E-state index in [0.717, 1.165) is 23.0 Å². The van der Waals surface area contributed by atoms with Crippen LogP contribution in [0.25, 0.3) is 11.4 Å². The lowest BCUT2D eigenvalue weighted by molar-refractivity contribution is -0.581. The van der Waals surface area contributed by atoms with Crippen molar-refractivity contribution < 1.29 is 15.3 Å². The van der Waals surface area contributed by atoms with Gasteiger partial charge in [-0.2, -0.15) is 4.57 Å². The molecule has 0 aliphatic rings. The van der Waals surface area contributed by atoms with Crippen molar-refractivity contribution in [2.75, 3.05) is 5.32 Å². The second kappa shape index (κ2) is 10.2. The molecule has 1 heterocycles. The average Bonchev–Trinajstić information content (AvgIpc) is 3.14. The minimum atomic E-state index is 0. The molecule has 0 unspecified atom stereocenters. The fourth-order valence-corrected chi connectivity index (χ4v) is 2.56. The quantitative estimate of drug-likeness (QED) is 0.245. The molecular formula is C21H21N5O2. The van der Waals surface area contributed by atoms with Crippen molar-refractivity contribution >= 4 is 18.4 Å². The summed E-state index contributed by atoms with van der Waals surface area (Å²) >= 11 is 0. The largest absolute Gasteiger partial charge is 0.870 e. The maximum atomic E-state index is 7.08. The Bertz CT molecular complexity index is 974. The molecule has 0 atom stereocenters. The van der Waals surface area contributed by atoms with E-state index in [0.29, 0.717) is 0 Å². The highest BCUT2D eigenvalue weighted by Gasteiger charge is 2.18. The van der Waals surface area contributed by atoms with E-state index in [1.807, 2.05) is 94.4 Å². The van der Waals surface area contributed by atoms with Crippen LogP contribution < -0.4 is 9.88 Å². The van der Waals surface area contributed by atoms with Gasteiger partial charge in [-0.25, -0.2) is 0 Å². The Morgan fingerprint density at radius 3 is 1.93 bits per heavy atom. The molecule has 0 fully saturated rings. The van der Waals surface area contributed by atoms with Gasteiger partial charge in [-0.15, -0.1) is 9.84 Å². The number of aromatic nitrogens is 3. The first-order chi connectivity index (χ1) is 13.3. The number of rotatable bonds is 4. The minimum Gasteiger partial charge on any atom is -0.870 e.